The number of methoxy groups -OCH3 is 1. The first-order valence-electron chi connectivity index (χ1n) is 7.81. The number of hydrogen-bond donors (Lipinski definition) is 2. The third kappa shape index (κ3) is 5.30. The number of sulfonamides is 1. The third-order valence-electron chi connectivity index (χ3n) is 3.50. The number of aryl methyl sites for hydroxylation is 1. The van der Waals surface area contributed by atoms with Crippen molar-refractivity contribution in [3.05, 3.63) is 59.7 Å². The summed E-state index contributed by atoms with van der Waals surface area (Å²) in [6, 6.07) is 12.8. The van der Waals surface area contributed by atoms with E-state index < -0.39 is 10.0 Å². The summed E-state index contributed by atoms with van der Waals surface area (Å²) in [6.45, 7) is 4.10. The van der Waals surface area contributed by atoms with Crippen molar-refractivity contribution in [1.29, 1.82) is 0 Å². The normalized spacial score (nSPS) is 12.4. The summed E-state index contributed by atoms with van der Waals surface area (Å²) in [5.74, 6) is -0.291. The molecule has 7 heteroatoms. The van der Waals surface area contributed by atoms with Crippen LogP contribution in [-0.4, -0.2) is 34.1 Å². The maximum atomic E-state index is 12.4. The predicted octanol–water partition coefficient (Wildman–Crippen LogP) is 2.56. The molecule has 0 fully saturated rings. The first-order chi connectivity index (χ1) is 11.8. The van der Waals surface area contributed by atoms with E-state index in [1.54, 1.807) is 49.6 Å². The molecule has 0 aliphatic rings. The first-order valence-corrected chi connectivity index (χ1v) is 9.29. The van der Waals surface area contributed by atoms with E-state index in [2.05, 4.69) is 10.0 Å². The quantitative estimate of drug-likeness (QED) is 0.793. The topological polar surface area (TPSA) is 84.5 Å². The van der Waals surface area contributed by atoms with Crippen molar-refractivity contribution in [3.8, 4) is 0 Å². The van der Waals surface area contributed by atoms with E-state index >= 15 is 0 Å². The second-order valence-electron chi connectivity index (χ2n) is 5.83. The second-order valence-corrected chi connectivity index (χ2v) is 7.51. The summed E-state index contributed by atoms with van der Waals surface area (Å²) in [6.07, 6.45) is 0. The highest BCUT2D eigenvalue weighted by Crippen LogP contribution is 2.18. The molecule has 2 rings (SSSR count). The van der Waals surface area contributed by atoms with Crippen LogP contribution in [-0.2, 0) is 14.8 Å². The molecule has 0 spiro atoms. The van der Waals surface area contributed by atoms with Gasteiger partial charge in [0.15, 0.2) is 0 Å². The monoisotopic (exact) mass is 362 g/mol. The van der Waals surface area contributed by atoms with Crippen LogP contribution >= 0.6 is 0 Å². The lowest BCUT2D eigenvalue weighted by Crippen LogP contribution is -2.35. The summed E-state index contributed by atoms with van der Waals surface area (Å²) in [5, 5.41) is 2.78. The zero-order valence-electron chi connectivity index (χ0n) is 14.4. The van der Waals surface area contributed by atoms with E-state index in [9.17, 15) is 13.2 Å². The average Bonchev–Trinajstić information content (AvgIpc) is 2.55. The van der Waals surface area contributed by atoms with Gasteiger partial charge in [-0.15, -0.1) is 0 Å². The summed E-state index contributed by atoms with van der Waals surface area (Å²) < 4.78 is 32.3. The molecule has 0 heterocycles. The Morgan fingerprint density at radius 2 is 1.84 bits per heavy atom. The summed E-state index contributed by atoms with van der Waals surface area (Å²) in [5.41, 5.74) is 1.67. The Hall–Kier alpha value is -2.38. The van der Waals surface area contributed by atoms with Crippen molar-refractivity contribution in [3.63, 3.8) is 0 Å². The molecule has 0 aliphatic heterocycles. The van der Waals surface area contributed by atoms with Crippen LogP contribution in [0.2, 0.25) is 0 Å². The van der Waals surface area contributed by atoms with Crippen molar-refractivity contribution in [2.45, 2.75) is 24.8 Å². The van der Waals surface area contributed by atoms with Gasteiger partial charge in [-0.1, -0.05) is 23.8 Å². The first kappa shape index (κ1) is 19.0. The fourth-order valence-corrected chi connectivity index (χ4v) is 3.30. The number of amides is 1. The molecule has 2 aromatic rings. The van der Waals surface area contributed by atoms with Crippen LogP contribution < -0.4 is 10.0 Å². The van der Waals surface area contributed by atoms with Gasteiger partial charge in [0.25, 0.3) is 15.9 Å². The Morgan fingerprint density at radius 1 is 1.16 bits per heavy atom. The second kappa shape index (κ2) is 8.13. The molecule has 2 N–H and O–H groups in total. The van der Waals surface area contributed by atoms with Crippen LogP contribution in [0.1, 0.15) is 22.8 Å². The van der Waals surface area contributed by atoms with E-state index in [0.717, 1.165) is 5.56 Å². The van der Waals surface area contributed by atoms with E-state index in [1.165, 1.54) is 6.07 Å². The van der Waals surface area contributed by atoms with Crippen LogP contribution in [0.15, 0.2) is 53.4 Å². The van der Waals surface area contributed by atoms with Gasteiger partial charge in [-0.25, -0.2) is 8.42 Å². The van der Waals surface area contributed by atoms with Crippen LogP contribution in [0.4, 0.5) is 5.69 Å². The lowest BCUT2D eigenvalue weighted by molar-refractivity contribution is 0.0905. The van der Waals surface area contributed by atoms with Gasteiger partial charge < -0.3 is 10.1 Å². The highest BCUT2D eigenvalue weighted by molar-refractivity contribution is 7.92. The van der Waals surface area contributed by atoms with Crippen LogP contribution in [0, 0.1) is 6.92 Å². The smallest absolute Gasteiger partial charge is 0.261 e. The fraction of sp³-hybridized carbons (Fsp3) is 0.278. The van der Waals surface area contributed by atoms with Crippen LogP contribution in [0.25, 0.3) is 0 Å². The summed E-state index contributed by atoms with van der Waals surface area (Å²) >= 11 is 0. The number of carbonyl (C=O) groups is 1. The number of nitrogens with one attached hydrogen (secondary N) is 2. The van der Waals surface area contributed by atoms with Gasteiger partial charge in [0.2, 0.25) is 0 Å². The Kier molecular flexibility index (Phi) is 6.17. The molecule has 25 heavy (non-hydrogen) atoms. The molecule has 2 aromatic carbocycles. The molecule has 0 aromatic heterocycles. The molecule has 0 aliphatic carbocycles. The molecule has 1 unspecified atom stereocenters. The zero-order chi connectivity index (χ0) is 18.4. The van der Waals surface area contributed by atoms with E-state index in [-0.39, 0.29) is 16.8 Å². The highest BCUT2D eigenvalue weighted by Gasteiger charge is 2.15. The van der Waals surface area contributed by atoms with E-state index in [1.807, 2.05) is 13.8 Å². The average molecular weight is 362 g/mol. The minimum atomic E-state index is -3.71. The maximum Gasteiger partial charge on any atom is 0.261 e. The van der Waals surface area contributed by atoms with Gasteiger partial charge in [0.1, 0.15) is 0 Å². The Balaban J connectivity index is 2.15. The fourth-order valence-electron chi connectivity index (χ4n) is 2.25. The van der Waals surface area contributed by atoms with Crippen molar-refractivity contribution in [2.75, 3.05) is 18.4 Å². The number of rotatable bonds is 7. The molecule has 1 atom stereocenters. The minimum absolute atomic E-state index is 0.148. The van der Waals surface area contributed by atoms with Gasteiger partial charge >= 0.3 is 0 Å². The van der Waals surface area contributed by atoms with Gasteiger partial charge in [-0.05, 0) is 44.2 Å². The number of hydrogen-bond acceptors (Lipinski definition) is 4. The van der Waals surface area contributed by atoms with Gasteiger partial charge in [0.05, 0.1) is 11.5 Å². The Morgan fingerprint density at radius 3 is 2.48 bits per heavy atom. The van der Waals surface area contributed by atoms with Crippen LogP contribution in [0.5, 0.6) is 0 Å². The Bertz CT molecular complexity index is 832. The summed E-state index contributed by atoms with van der Waals surface area (Å²) in [7, 11) is -2.15. The molecule has 0 saturated heterocycles. The number of anilines is 1. The minimum Gasteiger partial charge on any atom is -0.383 e. The maximum absolute atomic E-state index is 12.4. The summed E-state index contributed by atoms with van der Waals surface area (Å²) in [4.78, 5) is 12.4. The molecule has 0 saturated carbocycles. The molecule has 0 bridgehead atoms. The van der Waals surface area contributed by atoms with Gasteiger partial charge in [-0.3, -0.25) is 9.52 Å². The zero-order valence-corrected chi connectivity index (χ0v) is 15.3. The number of ether oxygens (including phenoxy) is 1. The van der Waals surface area contributed by atoms with Crippen molar-refractivity contribution in [2.24, 2.45) is 0 Å². The van der Waals surface area contributed by atoms with Gasteiger partial charge in [0, 0.05) is 24.4 Å². The lowest BCUT2D eigenvalue weighted by Gasteiger charge is -2.14. The number of carbonyl (C=O) groups excluding carboxylic acids is 1. The van der Waals surface area contributed by atoms with Gasteiger partial charge in [-0.2, -0.15) is 0 Å². The predicted molar refractivity (Wildman–Crippen MR) is 97.2 cm³/mol. The van der Waals surface area contributed by atoms with E-state index in [0.29, 0.717) is 17.9 Å². The SMILES string of the molecule is COCC(C)NC(=O)c1cccc(NS(=O)(=O)c2ccc(C)cc2)c1. The molecular formula is C18H22N2O4S. The number of benzene rings is 2. The van der Waals surface area contributed by atoms with Crippen LogP contribution in [0.3, 0.4) is 0 Å². The standard InChI is InChI=1S/C18H22N2O4S/c1-13-7-9-17(10-8-13)25(22,23)20-16-6-4-5-15(11-16)18(21)19-14(2)12-24-3/h4-11,14,20H,12H2,1-3H3,(H,19,21). The Labute approximate surface area is 148 Å². The molecule has 134 valence electrons. The van der Waals surface area contributed by atoms with Crippen molar-refractivity contribution >= 4 is 21.6 Å². The molecule has 6 nitrogen and oxygen atoms in total. The largest absolute Gasteiger partial charge is 0.383 e. The third-order valence-corrected chi connectivity index (χ3v) is 4.90. The van der Waals surface area contributed by atoms with Crippen molar-refractivity contribution in [1.82, 2.24) is 5.32 Å². The lowest BCUT2D eigenvalue weighted by atomic mass is 10.2. The molecule has 0 radical (unpaired) electrons. The van der Waals surface area contributed by atoms with E-state index in [4.69, 9.17) is 4.74 Å². The highest BCUT2D eigenvalue weighted by atomic mass is 32.2. The molecule has 1 amide bonds. The van der Waals surface area contributed by atoms with Crippen molar-refractivity contribution < 1.29 is 17.9 Å². The molecular weight excluding hydrogens is 340 g/mol.